The molecule has 4 heteroatoms. The van der Waals surface area contributed by atoms with Crippen molar-refractivity contribution >= 4 is 27.5 Å². The van der Waals surface area contributed by atoms with Crippen LogP contribution in [0.25, 0.3) is 0 Å². The maximum absolute atomic E-state index is 5.87. The summed E-state index contributed by atoms with van der Waals surface area (Å²) >= 11 is 9.28. The molecule has 0 heterocycles. The van der Waals surface area contributed by atoms with E-state index >= 15 is 0 Å². The van der Waals surface area contributed by atoms with Crippen LogP contribution in [0.5, 0.6) is 5.75 Å². The minimum atomic E-state index is 0.128. The predicted octanol–water partition coefficient (Wildman–Crippen LogP) is 3.99. The summed E-state index contributed by atoms with van der Waals surface area (Å²) in [6.45, 7) is 2.73. The topological polar surface area (TPSA) is 18.5 Å². The summed E-state index contributed by atoms with van der Waals surface area (Å²) in [4.78, 5) is 0. The molecule has 1 atom stereocenters. The summed E-state index contributed by atoms with van der Waals surface area (Å²) in [5, 5.41) is 0. The maximum Gasteiger partial charge on any atom is 0.124 e. The van der Waals surface area contributed by atoms with Gasteiger partial charge in [0.25, 0.3) is 0 Å². The number of rotatable bonds is 6. The third-order valence-electron chi connectivity index (χ3n) is 2.22. The number of benzene rings is 1. The highest BCUT2D eigenvalue weighted by molar-refractivity contribution is 9.10. The minimum Gasteiger partial charge on any atom is -0.490 e. The summed E-state index contributed by atoms with van der Waals surface area (Å²) < 4.78 is 11.8. The molecule has 0 radical (unpaired) electrons. The van der Waals surface area contributed by atoms with Crippen molar-refractivity contribution in [3.8, 4) is 5.75 Å². The second-order valence-electron chi connectivity index (χ2n) is 3.60. The van der Waals surface area contributed by atoms with E-state index in [1.165, 1.54) is 0 Å². The number of alkyl halides is 1. The van der Waals surface area contributed by atoms with Crippen LogP contribution in [0.4, 0.5) is 0 Å². The Bertz CT molecular complexity index is 331. The maximum atomic E-state index is 5.87. The number of ether oxygens (including phenoxy) is 2. The average Bonchev–Trinajstić information content (AvgIpc) is 2.28. The van der Waals surface area contributed by atoms with E-state index in [0.29, 0.717) is 12.5 Å². The van der Waals surface area contributed by atoms with Gasteiger partial charge in [0.2, 0.25) is 0 Å². The van der Waals surface area contributed by atoms with Gasteiger partial charge in [-0.15, -0.1) is 11.6 Å². The normalized spacial score (nSPS) is 12.5. The van der Waals surface area contributed by atoms with Gasteiger partial charge in [-0.05, 0) is 25.1 Å². The molecule has 0 N–H and O–H groups in total. The van der Waals surface area contributed by atoms with Gasteiger partial charge in [0.15, 0.2) is 0 Å². The first-order chi connectivity index (χ1) is 7.67. The van der Waals surface area contributed by atoms with Crippen LogP contribution >= 0.6 is 27.5 Å². The molecule has 0 amide bonds. The first kappa shape index (κ1) is 13.8. The highest BCUT2D eigenvalue weighted by atomic mass is 79.9. The molecule has 0 saturated heterocycles. The van der Waals surface area contributed by atoms with E-state index in [9.17, 15) is 0 Å². The van der Waals surface area contributed by atoms with Crippen molar-refractivity contribution in [3.63, 3.8) is 0 Å². The van der Waals surface area contributed by atoms with E-state index in [1.807, 2.05) is 25.1 Å². The van der Waals surface area contributed by atoms with Crippen molar-refractivity contribution in [3.05, 3.63) is 28.2 Å². The molecule has 0 saturated carbocycles. The average molecular weight is 308 g/mol. The molecule has 0 fully saturated rings. The Morgan fingerprint density at radius 2 is 2.19 bits per heavy atom. The van der Waals surface area contributed by atoms with E-state index < -0.39 is 0 Å². The summed E-state index contributed by atoms with van der Waals surface area (Å²) in [6.07, 6.45) is 0.997. The Hall–Kier alpha value is -0.250. The van der Waals surface area contributed by atoms with Crippen molar-refractivity contribution in [2.75, 3.05) is 13.7 Å². The zero-order chi connectivity index (χ0) is 12.0. The number of methoxy groups -OCH3 is 1. The van der Waals surface area contributed by atoms with Gasteiger partial charge in [0.05, 0.1) is 12.0 Å². The van der Waals surface area contributed by atoms with Gasteiger partial charge in [-0.1, -0.05) is 15.9 Å². The molecule has 0 bridgehead atoms. The molecule has 0 aliphatic rings. The van der Waals surface area contributed by atoms with E-state index in [2.05, 4.69) is 15.9 Å². The minimum absolute atomic E-state index is 0.128. The van der Waals surface area contributed by atoms with E-state index in [1.54, 1.807) is 7.11 Å². The van der Waals surface area contributed by atoms with Crippen LogP contribution in [-0.2, 0) is 10.6 Å². The Morgan fingerprint density at radius 3 is 2.81 bits per heavy atom. The molecule has 0 aliphatic heterocycles. The third kappa shape index (κ3) is 4.32. The summed E-state index contributed by atoms with van der Waals surface area (Å²) in [5.41, 5.74) is 1.00. The van der Waals surface area contributed by atoms with Gasteiger partial charge in [-0.2, -0.15) is 0 Å². The zero-order valence-corrected chi connectivity index (χ0v) is 11.8. The van der Waals surface area contributed by atoms with E-state index in [4.69, 9.17) is 21.1 Å². The predicted molar refractivity (Wildman–Crippen MR) is 70.3 cm³/mol. The lowest BCUT2D eigenvalue weighted by Crippen LogP contribution is -2.15. The monoisotopic (exact) mass is 306 g/mol. The van der Waals surface area contributed by atoms with E-state index in [-0.39, 0.29) is 6.10 Å². The first-order valence-electron chi connectivity index (χ1n) is 5.17. The van der Waals surface area contributed by atoms with Gasteiger partial charge in [0.1, 0.15) is 5.75 Å². The number of hydrogen-bond acceptors (Lipinski definition) is 2. The zero-order valence-electron chi connectivity index (χ0n) is 9.50. The molecule has 1 aromatic carbocycles. The Balaban J connectivity index is 2.65. The quantitative estimate of drug-likeness (QED) is 0.740. The molecule has 16 heavy (non-hydrogen) atoms. The lowest BCUT2D eigenvalue weighted by atomic mass is 10.2. The summed E-state index contributed by atoms with van der Waals surface area (Å²) in [5.74, 6) is 1.30. The molecule has 0 aromatic heterocycles. The SMILES string of the molecule is COCCC(C)Oc1ccc(Br)cc1CCl. The lowest BCUT2D eigenvalue weighted by Gasteiger charge is -2.16. The molecule has 2 nitrogen and oxygen atoms in total. The highest BCUT2D eigenvalue weighted by Crippen LogP contribution is 2.25. The third-order valence-corrected chi connectivity index (χ3v) is 3.00. The van der Waals surface area contributed by atoms with Gasteiger partial charge in [-0.3, -0.25) is 0 Å². The fourth-order valence-electron chi connectivity index (χ4n) is 1.33. The standard InChI is InChI=1S/C12H16BrClO2/c1-9(5-6-15-2)16-12-4-3-11(13)7-10(12)8-14/h3-4,7,9H,5-6,8H2,1-2H3. The van der Waals surface area contributed by atoms with Crippen LogP contribution in [0.3, 0.4) is 0 Å². The molecule has 0 aliphatic carbocycles. The van der Waals surface area contributed by atoms with Gasteiger partial charge in [-0.25, -0.2) is 0 Å². The molecule has 1 rings (SSSR count). The van der Waals surface area contributed by atoms with Crippen LogP contribution in [0.2, 0.25) is 0 Å². The largest absolute Gasteiger partial charge is 0.490 e. The smallest absolute Gasteiger partial charge is 0.124 e. The van der Waals surface area contributed by atoms with Crippen molar-refractivity contribution < 1.29 is 9.47 Å². The second-order valence-corrected chi connectivity index (χ2v) is 4.78. The van der Waals surface area contributed by atoms with Crippen molar-refractivity contribution in [2.24, 2.45) is 0 Å². The fourth-order valence-corrected chi connectivity index (χ4v) is 1.94. The van der Waals surface area contributed by atoms with E-state index in [0.717, 1.165) is 22.2 Å². The fraction of sp³-hybridized carbons (Fsp3) is 0.500. The lowest BCUT2D eigenvalue weighted by molar-refractivity contribution is 0.134. The number of hydrogen-bond donors (Lipinski definition) is 0. The van der Waals surface area contributed by atoms with Crippen LogP contribution in [0, 0.1) is 0 Å². The van der Waals surface area contributed by atoms with Crippen molar-refractivity contribution in [1.29, 1.82) is 0 Å². The van der Waals surface area contributed by atoms with Crippen molar-refractivity contribution in [1.82, 2.24) is 0 Å². The van der Waals surface area contributed by atoms with Crippen LogP contribution in [0.15, 0.2) is 22.7 Å². The summed E-state index contributed by atoms with van der Waals surface area (Å²) in [6, 6.07) is 5.87. The molecule has 1 unspecified atom stereocenters. The molecule has 1 aromatic rings. The Kier molecular flexibility index (Phi) is 6.17. The van der Waals surface area contributed by atoms with Gasteiger partial charge < -0.3 is 9.47 Å². The molecule has 0 spiro atoms. The molecular formula is C12H16BrClO2. The van der Waals surface area contributed by atoms with Crippen molar-refractivity contribution in [2.45, 2.75) is 25.3 Å². The van der Waals surface area contributed by atoms with Crippen LogP contribution in [0.1, 0.15) is 18.9 Å². The Labute approximate surface area is 110 Å². The number of halogens is 2. The van der Waals surface area contributed by atoms with Gasteiger partial charge >= 0.3 is 0 Å². The summed E-state index contributed by atoms with van der Waals surface area (Å²) in [7, 11) is 1.69. The van der Waals surface area contributed by atoms with Gasteiger partial charge in [0, 0.05) is 30.2 Å². The Morgan fingerprint density at radius 1 is 1.44 bits per heavy atom. The first-order valence-corrected chi connectivity index (χ1v) is 6.50. The van der Waals surface area contributed by atoms with Crippen LogP contribution in [-0.4, -0.2) is 19.8 Å². The second kappa shape index (κ2) is 7.15. The highest BCUT2D eigenvalue weighted by Gasteiger charge is 2.08. The molecule has 90 valence electrons. The molecular weight excluding hydrogens is 291 g/mol. The van der Waals surface area contributed by atoms with Crippen LogP contribution < -0.4 is 4.74 Å².